The number of hydrogen-bond acceptors (Lipinski definition) is 2. The minimum Gasteiger partial charge on any atom is -0.392 e. The van der Waals surface area contributed by atoms with Crippen LogP contribution in [0.1, 0.15) is 46.0 Å². The van der Waals surface area contributed by atoms with Crippen molar-refractivity contribution in [3.8, 4) is 0 Å². The molecule has 0 aromatic carbocycles. The smallest absolute Gasteiger partial charge is 0.0621 e. The Kier molecular flexibility index (Phi) is 2.85. The third kappa shape index (κ3) is 1.70. The summed E-state index contributed by atoms with van der Waals surface area (Å²) < 4.78 is 0. The fourth-order valence-corrected chi connectivity index (χ4v) is 2.91. The van der Waals surface area contributed by atoms with Crippen molar-refractivity contribution in [2.24, 2.45) is 5.41 Å². The lowest BCUT2D eigenvalue weighted by Gasteiger charge is -2.54. The summed E-state index contributed by atoms with van der Waals surface area (Å²) in [5.74, 6) is 0. The van der Waals surface area contributed by atoms with Gasteiger partial charge in [0.1, 0.15) is 0 Å². The van der Waals surface area contributed by atoms with Crippen LogP contribution in [0.4, 0.5) is 0 Å². The molecule has 2 fully saturated rings. The number of aliphatic hydroxyl groups excluding tert-OH is 1. The van der Waals surface area contributed by atoms with Crippen LogP contribution in [0.5, 0.6) is 0 Å². The first-order chi connectivity index (χ1) is 6.62. The van der Waals surface area contributed by atoms with Gasteiger partial charge in [0.05, 0.1) is 6.10 Å². The molecule has 1 aliphatic carbocycles. The summed E-state index contributed by atoms with van der Waals surface area (Å²) in [5.41, 5.74) is 0.129. The third-order valence-electron chi connectivity index (χ3n) is 4.25. The number of aliphatic hydroxyl groups is 1. The Labute approximate surface area is 87.3 Å². The lowest BCUT2D eigenvalue weighted by atomic mass is 9.64. The fraction of sp³-hybridized carbons (Fsp3) is 1.00. The van der Waals surface area contributed by atoms with Crippen LogP contribution in [0.25, 0.3) is 0 Å². The van der Waals surface area contributed by atoms with Gasteiger partial charge < -0.3 is 5.11 Å². The van der Waals surface area contributed by atoms with E-state index in [1.807, 2.05) is 0 Å². The van der Waals surface area contributed by atoms with Gasteiger partial charge in [-0.2, -0.15) is 0 Å². The van der Waals surface area contributed by atoms with E-state index in [0.29, 0.717) is 6.04 Å². The van der Waals surface area contributed by atoms with E-state index in [4.69, 9.17) is 0 Å². The third-order valence-corrected chi connectivity index (χ3v) is 4.25. The van der Waals surface area contributed by atoms with E-state index in [1.54, 1.807) is 0 Å². The highest BCUT2D eigenvalue weighted by atomic mass is 16.3. The zero-order chi connectivity index (χ0) is 10.2. The Morgan fingerprint density at radius 2 is 1.64 bits per heavy atom. The molecule has 1 saturated heterocycles. The molecule has 2 aliphatic rings. The van der Waals surface area contributed by atoms with Gasteiger partial charge in [-0.3, -0.25) is 4.90 Å². The fourth-order valence-electron chi connectivity index (χ4n) is 2.91. The van der Waals surface area contributed by atoms with E-state index in [0.717, 1.165) is 6.42 Å². The maximum Gasteiger partial charge on any atom is 0.0621 e. The molecule has 2 unspecified atom stereocenters. The van der Waals surface area contributed by atoms with E-state index >= 15 is 0 Å². The van der Waals surface area contributed by atoms with Crippen molar-refractivity contribution < 1.29 is 5.11 Å². The number of rotatable bonds is 1. The standard InChI is InChI=1S/C12H23NO/c1-12(2)10(9-11(12)14)13-7-5-3-4-6-8-13/h10-11,14H,3-9H2,1-2H3. The molecular weight excluding hydrogens is 174 g/mol. The SMILES string of the molecule is CC1(C)C(O)CC1N1CCCCCC1. The van der Waals surface area contributed by atoms with Gasteiger partial charge >= 0.3 is 0 Å². The molecule has 0 spiro atoms. The van der Waals surface area contributed by atoms with Crippen LogP contribution < -0.4 is 0 Å². The zero-order valence-electron chi connectivity index (χ0n) is 9.50. The van der Waals surface area contributed by atoms with Gasteiger partial charge in [-0.15, -0.1) is 0 Å². The Morgan fingerprint density at radius 1 is 1.07 bits per heavy atom. The van der Waals surface area contributed by atoms with Crippen molar-refractivity contribution >= 4 is 0 Å². The maximum atomic E-state index is 9.72. The first-order valence-corrected chi connectivity index (χ1v) is 6.04. The summed E-state index contributed by atoms with van der Waals surface area (Å²) in [6.07, 6.45) is 6.41. The molecule has 0 bridgehead atoms. The first-order valence-electron chi connectivity index (χ1n) is 6.04. The van der Waals surface area contributed by atoms with E-state index < -0.39 is 0 Å². The minimum atomic E-state index is -0.0734. The molecule has 1 heterocycles. The highest BCUT2D eigenvalue weighted by molar-refractivity contribution is 5.02. The second-order valence-corrected chi connectivity index (χ2v) is 5.54. The molecule has 2 nitrogen and oxygen atoms in total. The van der Waals surface area contributed by atoms with E-state index in [1.165, 1.54) is 38.8 Å². The van der Waals surface area contributed by atoms with Crippen LogP contribution in [-0.2, 0) is 0 Å². The Balaban J connectivity index is 1.94. The minimum absolute atomic E-state index is 0.0734. The summed E-state index contributed by atoms with van der Waals surface area (Å²) >= 11 is 0. The molecule has 1 aliphatic heterocycles. The van der Waals surface area contributed by atoms with Crippen LogP contribution >= 0.6 is 0 Å². The van der Waals surface area contributed by atoms with Gasteiger partial charge in [-0.05, 0) is 32.4 Å². The van der Waals surface area contributed by atoms with Crippen molar-refractivity contribution in [2.45, 2.75) is 58.1 Å². The van der Waals surface area contributed by atoms with Gasteiger partial charge in [-0.25, -0.2) is 0 Å². The number of hydrogen-bond donors (Lipinski definition) is 1. The second kappa shape index (κ2) is 3.82. The molecule has 2 rings (SSSR count). The number of nitrogens with zero attached hydrogens (tertiary/aromatic N) is 1. The topological polar surface area (TPSA) is 23.5 Å². The van der Waals surface area contributed by atoms with Crippen molar-refractivity contribution in [3.05, 3.63) is 0 Å². The van der Waals surface area contributed by atoms with Crippen LogP contribution in [0.2, 0.25) is 0 Å². The molecule has 0 amide bonds. The van der Waals surface area contributed by atoms with E-state index in [-0.39, 0.29) is 11.5 Å². The molecule has 1 saturated carbocycles. The van der Waals surface area contributed by atoms with Gasteiger partial charge in [0.25, 0.3) is 0 Å². The second-order valence-electron chi connectivity index (χ2n) is 5.54. The van der Waals surface area contributed by atoms with Crippen molar-refractivity contribution in [1.29, 1.82) is 0 Å². The van der Waals surface area contributed by atoms with Crippen molar-refractivity contribution in [1.82, 2.24) is 4.90 Å². The molecule has 2 heteroatoms. The van der Waals surface area contributed by atoms with Crippen molar-refractivity contribution in [3.63, 3.8) is 0 Å². The molecule has 0 radical (unpaired) electrons. The van der Waals surface area contributed by atoms with Crippen LogP contribution in [-0.4, -0.2) is 35.2 Å². The summed E-state index contributed by atoms with van der Waals surface area (Å²) in [6, 6.07) is 0.635. The average molecular weight is 197 g/mol. The molecule has 0 aromatic heterocycles. The predicted octanol–water partition coefficient (Wildman–Crippen LogP) is 2.02. The summed E-state index contributed by atoms with van der Waals surface area (Å²) in [4.78, 5) is 2.61. The molecule has 1 N–H and O–H groups in total. The van der Waals surface area contributed by atoms with E-state index in [2.05, 4.69) is 18.7 Å². The summed E-state index contributed by atoms with van der Waals surface area (Å²) in [6.45, 7) is 6.91. The monoisotopic (exact) mass is 197 g/mol. The normalized spacial score (nSPS) is 38.8. The average Bonchev–Trinajstić information content (AvgIpc) is 2.42. The van der Waals surface area contributed by atoms with Crippen molar-refractivity contribution in [2.75, 3.05) is 13.1 Å². The predicted molar refractivity (Wildman–Crippen MR) is 58.2 cm³/mol. The van der Waals surface area contributed by atoms with Gasteiger partial charge in [0.2, 0.25) is 0 Å². The molecule has 0 aromatic rings. The lowest BCUT2D eigenvalue weighted by molar-refractivity contribution is -0.119. The van der Waals surface area contributed by atoms with Crippen LogP contribution in [0, 0.1) is 5.41 Å². The van der Waals surface area contributed by atoms with E-state index in [9.17, 15) is 5.11 Å². The van der Waals surface area contributed by atoms with Gasteiger partial charge in [0.15, 0.2) is 0 Å². The zero-order valence-corrected chi connectivity index (χ0v) is 9.50. The largest absolute Gasteiger partial charge is 0.392 e. The lowest BCUT2D eigenvalue weighted by Crippen LogP contribution is -2.61. The highest BCUT2D eigenvalue weighted by Gasteiger charge is 2.49. The Bertz CT molecular complexity index is 194. The molecule has 82 valence electrons. The highest BCUT2D eigenvalue weighted by Crippen LogP contribution is 2.44. The quantitative estimate of drug-likeness (QED) is 0.695. The molecular formula is C12H23NO. The van der Waals surface area contributed by atoms with Gasteiger partial charge in [0, 0.05) is 11.5 Å². The Morgan fingerprint density at radius 3 is 2.07 bits per heavy atom. The van der Waals surface area contributed by atoms with Gasteiger partial charge in [-0.1, -0.05) is 26.7 Å². The van der Waals surface area contributed by atoms with Crippen LogP contribution in [0.3, 0.4) is 0 Å². The number of likely N-dealkylation sites (tertiary alicyclic amines) is 1. The molecule has 2 atom stereocenters. The summed E-state index contributed by atoms with van der Waals surface area (Å²) in [5, 5.41) is 9.72. The summed E-state index contributed by atoms with van der Waals surface area (Å²) in [7, 11) is 0. The van der Waals surface area contributed by atoms with Crippen LogP contribution in [0.15, 0.2) is 0 Å². The first kappa shape index (κ1) is 10.4. The maximum absolute atomic E-state index is 9.72. The Hall–Kier alpha value is -0.0800. The molecule has 14 heavy (non-hydrogen) atoms.